The summed E-state index contributed by atoms with van der Waals surface area (Å²) in [6.07, 6.45) is 0. The fourth-order valence-electron chi connectivity index (χ4n) is 1.61. The van der Waals surface area contributed by atoms with Crippen molar-refractivity contribution >= 4 is 42.7 Å². The van der Waals surface area contributed by atoms with Gasteiger partial charge in [0.1, 0.15) is 0 Å². The zero-order valence-corrected chi connectivity index (χ0v) is 12.3. The van der Waals surface area contributed by atoms with Gasteiger partial charge in [-0.15, -0.1) is 0 Å². The van der Waals surface area contributed by atoms with Crippen LogP contribution in [0.1, 0.15) is 10.4 Å². The van der Waals surface area contributed by atoms with Crippen molar-refractivity contribution in [2.24, 2.45) is 0 Å². The van der Waals surface area contributed by atoms with E-state index in [2.05, 4.69) is 5.32 Å². The Hall–Kier alpha value is -0.118. The number of carbonyl (C=O) groups excluding carboxylic acids is 1. The number of nitrogens with one attached hydrogen (secondary N) is 1. The lowest BCUT2D eigenvalue weighted by molar-refractivity contribution is 0.0960. The molecular weight excluding hydrogens is 292 g/mol. The van der Waals surface area contributed by atoms with E-state index in [0.29, 0.717) is 28.8 Å². The first-order chi connectivity index (χ1) is 8.68. The van der Waals surface area contributed by atoms with Crippen LogP contribution in [0.25, 0.3) is 0 Å². The predicted octanol–water partition coefficient (Wildman–Crippen LogP) is 1.84. The number of carbonyl (C=O) groups is 1. The molecule has 0 radical (unpaired) electrons. The highest BCUT2D eigenvalue weighted by Crippen LogP contribution is 2.22. The Labute approximate surface area is 120 Å². The van der Waals surface area contributed by atoms with Gasteiger partial charge in [-0.2, -0.15) is 0 Å². The second kappa shape index (κ2) is 6.88. The van der Waals surface area contributed by atoms with Gasteiger partial charge in [0.25, 0.3) is 0 Å². The van der Waals surface area contributed by atoms with Crippen LogP contribution in [-0.4, -0.2) is 45.8 Å². The van der Waals surface area contributed by atoms with Crippen LogP contribution in [0.2, 0.25) is 10.0 Å². The normalized spacial score (nSPS) is 17.1. The van der Waals surface area contributed by atoms with Gasteiger partial charge in [-0.05, 0) is 18.2 Å². The van der Waals surface area contributed by atoms with Crippen molar-refractivity contribution < 1.29 is 12.4 Å². The molecule has 1 aliphatic heterocycles. The summed E-state index contributed by atoms with van der Waals surface area (Å²) < 4.78 is 10.8. The zero-order valence-electron chi connectivity index (χ0n) is 9.62. The van der Waals surface area contributed by atoms with E-state index in [-0.39, 0.29) is 4.65 Å². The van der Waals surface area contributed by atoms with E-state index in [1.807, 2.05) is 0 Å². The molecule has 7 heteroatoms. The fourth-order valence-corrected chi connectivity index (χ4v) is 3.64. The molecule has 1 heterocycles. The molecular formula is C11H12AlCl2NO3. The minimum atomic E-state index is -2.39. The maximum absolute atomic E-state index is 12.3. The minimum Gasteiger partial charge on any atom is -0.472 e. The molecule has 0 atom stereocenters. The van der Waals surface area contributed by atoms with Gasteiger partial charge in [-0.25, -0.2) is 0 Å². The van der Waals surface area contributed by atoms with Gasteiger partial charge in [0, 0.05) is 36.9 Å². The number of benzene rings is 1. The van der Waals surface area contributed by atoms with Gasteiger partial charge < -0.3 is 17.7 Å². The second-order valence-electron chi connectivity index (χ2n) is 3.81. The minimum absolute atomic E-state index is 0.163. The molecule has 1 N–H and O–H groups in total. The third-order valence-electron chi connectivity index (χ3n) is 2.50. The summed E-state index contributed by atoms with van der Waals surface area (Å²) in [7, 11) is 0. The van der Waals surface area contributed by atoms with Gasteiger partial charge in [-0.3, -0.25) is 0 Å². The molecule has 1 aromatic rings. The van der Waals surface area contributed by atoms with Crippen LogP contribution in [-0.2, 0) is 7.58 Å². The van der Waals surface area contributed by atoms with Gasteiger partial charge in [0.05, 0.1) is 5.02 Å². The van der Waals surface area contributed by atoms with Gasteiger partial charge in [0.2, 0.25) is 0 Å². The Balaban J connectivity index is 2.15. The van der Waals surface area contributed by atoms with E-state index in [4.69, 9.17) is 30.8 Å². The van der Waals surface area contributed by atoms with Crippen LogP contribution < -0.4 is 5.32 Å². The summed E-state index contributed by atoms with van der Waals surface area (Å²) in [5.41, 5.74) is 0.384. The van der Waals surface area contributed by atoms with E-state index >= 15 is 0 Å². The first kappa shape index (κ1) is 14.3. The monoisotopic (exact) mass is 303 g/mol. The molecule has 4 nitrogen and oxygen atoms in total. The van der Waals surface area contributed by atoms with Crippen LogP contribution >= 0.6 is 23.2 Å². The smallest absolute Gasteiger partial charge is 0.472 e. The molecule has 0 unspecified atom stereocenters. The number of rotatable bonds is 2. The highest BCUT2D eigenvalue weighted by atomic mass is 35.5. The van der Waals surface area contributed by atoms with Crippen LogP contribution in [0.3, 0.4) is 0 Å². The van der Waals surface area contributed by atoms with E-state index in [0.717, 1.165) is 13.1 Å². The fraction of sp³-hybridized carbons (Fsp3) is 0.364. The number of hydrogen-bond donors (Lipinski definition) is 1. The van der Waals surface area contributed by atoms with Crippen molar-refractivity contribution in [2.75, 3.05) is 26.3 Å². The van der Waals surface area contributed by atoms with Crippen molar-refractivity contribution in [1.82, 2.24) is 5.32 Å². The molecule has 18 heavy (non-hydrogen) atoms. The quantitative estimate of drug-likeness (QED) is 0.847. The first-order valence-electron chi connectivity index (χ1n) is 5.61. The molecule has 1 fully saturated rings. The number of hydrogen-bond acceptors (Lipinski definition) is 4. The second-order valence-corrected chi connectivity index (χ2v) is 6.51. The van der Waals surface area contributed by atoms with Crippen molar-refractivity contribution in [3.8, 4) is 0 Å². The van der Waals surface area contributed by atoms with E-state index in [9.17, 15) is 4.79 Å². The summed E-state index contributed by atoms with van der Waals surface area (Å²) in [5, 5.41) is 3.98. The lowest BCUT2D eigenvalue weighted by Gasteiger charge is -2.17. The van der Waals surface area contributed by atoms with Crippen LogP contribution in [0, 0.1) is 0 Å². The summed E-state index contributed by atoms with van der Waals surface area (Å²) in [4.78, 5) is 12.3. The molecule has 1 aromatic carbocycles. The van der Waals surface area contributed by atoms with Gasteiger partial charge in [-0.1, -0.05) is 23.2 Å². The van der Waals surface area contributed by atoms with Crippen molar-refractivity contribution in [1.29, 1.82) is 0 Å². The topological polar surface area (TPSA) is 47.6 Å². The molecule has 0 saturated carbocycles. The van der Waals surface area contributed by atoms with Crippen molar-refractivity contribution in [3.63, 3.8) is 0 Å². The summed E-state index contributed by atoms with van der Waals surface area (Å²) >= 11 is 9.48. The Kier molecular flexibility index (Phi) is 5.46. The zero-order chi connectivity index (χ0) is 13.0. The maximum Gasteiger partial charge on any atom is 0.764 e. The standard InChI is InChI=1S/C7H3Cl2O.C4H9NO2.Al/c8-6-1-2-7(9)5(3-6)4-10;6-3-1-5-2-4-7;/h1-3H;5H,1-4H2;/q;-2;+2. The van der Waals surface area contributed by atoms with E-state index < -0.39 is 14.8 Å². The molecule has 0 amide bonds. The Bertz CT molecular complexity index is 436. The molecule has 2 rings (SSSR count). The molecule has 0 aliphatic carbocycles. The molecule has 0 bridgehead atoms. The third kappa shape index (κ3) is 3.69. The molecule has 1 saturated heterocycles. The molecule has 96 valence electrons. The highest BCUT2D eigenvalue weighted by Gasteiger charge is 2.38. The van der Waals surface area contributed by atoms with Crippen molar-refractivity contribution in [3.05, 3.63) is 33.8 Å². The lowest BCUT2D eigenvalue weighted by atomic mass is 10.2. The largest absolute Gasteiger partial charge is 0.764 e. The van der Waals surface area contributed by atoms with Crippen LogP contribution in [0.5, 0.6) is 0 Å². The predicted molar refractivity (Wildman–Crippen MR) is 71.3 cm³/mol. The molecule has 0 spiro atoms. The maximum atomic E-state index is 12.3. The average Bonchev–Trinajstić information content (AvgIpc) is 2.31. The summed E-state index contributed by atoms with van der Waals surface area (Å²) in [5.74, 6) is 0. The molecule has 1 aliphatic rings. The summed E-state index contributed by atoms with van der Waals surface area (Å²) in [6, 6.07) is 4.81. The lowest BCUT2D eigenvalue weighted by Crippen LogP contribution is -2.41. The van der Waals surface area contributed by atoms with Crippen LogP contribution in [0.15, 0.2) is 18.2 Å². The number of halogens is 2. The van der Waals surface area contributed by atoms with Gasteiger partial charge >= 0.3 is 14.8 Å². The average molecular weight is 304 g/mol. The van der Waals surface area contributed by atoms with Crippen molar-refractivity contribution in [2.45, 2.75) is 0 Å². The Morgan fingerprint density at radius 3 is 2.56 bits per heavy atom. The Morgan fingerprint density at radius 1 is 1.22 bits per heavy atom. The van der Waals surface area contributed by atoms with E-state index in [1.54, 1.807) is 18.2 Å². The molecule has 0 aromatic heterocycles. The van der Waals surface area contributed by atoms with Crippen LogP contribution in [0.4, 0.5) is 0 Å². The third-order valence-corrected chi connectivity index (χ3v) is 4.88. The SMILES string of the molecule is O=[C](c1cc(Cl)ccc1Cl)[Al]1[O]CCNCC[O]1. The first-order valence-corrected chi connectivity index (χ1v) is 7.89. The Morgan fingerprint density at radius 2 is 1.89 bits per heavy atom. The van der Waals surface area contributed by atoms with Gasteiger partial charge in [0.15, 0.2) is 4.65 Å². The summed E-state index contributed by atoms with van der Waals surface area (Å²) in [6.45, 7) is 2.40. The van der Waals surface area contributed by atoms with E-state index in [1.165, 1.54) is 0 Å². The highest BCUT2D eigenvalue weighted by molar-refractivity contribution is 6.84.